The third kappa shape index (κ3) is 3.57. The summed E-state index contributed by atoms with van der Waals surface area (Å²) in [5, 5.41) is 9.11. The molecule has 1 aromatic heterocycles. The number of hydrogen-bond donors (Lipinski definition) is 2. The van der Waals surface area contributed by atoms with Crippen LogP contribution in [0.5, 0.6) is 5.75 Å². The van der Waals surface area contributed by atoms with Crippen molar-refractivity contribution in [3.05, 3.63) is 53.2 Å². The van der Waals surface area contributed by atoms with E-state index >= 15 is 0 Å². The lowest BCUT2D eigenvalue weighted by molar-refractivity contribution is -0.274. The molecule has 0 bridgehead atoms. The molecule has 3 N–H and O–H groups in total. The number of carboxylic acid groups (broad SMARTS) is 1. The van der Waals surface area contributed by atoms with Gasteiger partial charge < -0.3 is 15.6 Å². The smallest absolute Gasteiger partial charge is 0.478 e. The van der Waals surface area contributed by atoms with Gasteiger partial charge >= 0.3 is 12.3 Å². The van der Waals surface area contributed by atoms with E-state index in [1.54, 1.807) is 0 Å². The zero-order valence-electron chi connectivity index (χ0n) is 11.3. The normalized spacial score (nSPS) is 11.1. The van der Waals surface area contributed by atoms with Crippen molar-refractivity contribution in [3.8, 4) is 5.75 Å². The number of aromatic nitrogens is 1. The minimum Gasteiger partial charge on any atom is -0.478 e. The zero-order chi connectivity index (χ0) is 17.2. The van der Waals surface area contributed by atoms with Crippen LogP contribution in [0.1, 0.15) is 26.3 Å². The molecule has 120 valence electrons. The number of carboxylic acids is 1. The fourth-order valence-electron chi connectivity index (χ4n) is 1.90. The Bertz CT molecular complexity index is 775. The second-order valence-corrected chi connectivity index (χ2v) is 4.30. The number of halogens is 3. The topological polar surface area (TPSA) is 103 Å². The van der Waals surface area contributed by atoms with Gasteiger partial charge in [0.25, 0.3) is 0 Å². The fraction of sp³-hybridized carbons (Fsp3) is 0.0714. The highest BCUT2D eigenvalue weighted by Gasteiger charge is 2.33. The summed E-state index contributed by atoms with van der Waals surface area (Å²) in [6.45, 7) is 0. The first kappa shape index (κ1) is 16.3. The Morgan fingerprint density at radius 3 is 2.39 bits per heavy atom. The van der Waals surface area contributed by atoms with E-state index in [4.69, 9.17) is 10.8 Å². The molecule has 9 heteroatoms. The van der Waals surface area contributed by atoms with Gasteiger partial charge in [-0.05, 0) is 18.2 Å². The van der Waals surface area contributed by atoms with Gasteiger partial charge in [-0.25, -0.2) is 9.78 Å². The quantitative estimate of drug-likeness (QED) is 0.837. The highest BCUT2D eigenvalue weighted by Crippen LogP contribution is 2.29. The molecule has 23 heavy (non-hydrogen) atoms. The van der Waals surface area contributed by atoms with Crippen LogP contribution in [0.25, 0.3) is 0 Å². The summed E-state index contributed by atoms with van der Waals surface area (Å²) in [7, 11) is 0. The van der Waals surface area contributed by atoms with Crippen LogP contribution in [0.15, 0.2) is 36.5 Å². The van der Waals surface area contributed by atoms with Crippen LogP contribution in [0, 0.1) is 0 Å². The molecule has 2 rings (SSSR count). The van der Waals surface area contributed by atoms with Gasteiger partial charge in [0, 0.05) is 11.8 Å². The van der Waals surface area contributed by atoms with Crippen molar-refractivity contribution >= 4 is 17.6 Å². The highest BCUT2D eigenvalue weighted by molar-refractivity contribution is 6.16. The summed E-state index contributed by atoms with van der Waals surface area (Å²) in [6.07, 6.45) is -3.91. The molecule has 0 radical (unpaired) electrons. The third-order valence-electron chi connectivity index (χ3n) is 2.80. The fourth-order valence-corrected chi connectivity index (χ4v) is 1.90. The van der Waals surface area contributed by atoms with Crippen LogP contribution in [0.3, 0.4) is 0 Å². The minimum absolute atomic E-state index is 0.386. The van der Waals surface area contributed by atoms with Crippen molar-refractivity contribution in [2.45, 2.75) is 6.36 Å². The molecule has 0 atom stereocenters. The Labute approximate surface area is 127 Å². The van der Waals surface area contributed by atoms with Gasteiger partial charge in [-0.2, -0.15) is 0 Å². The van der Waals surface area contributed by atoms with Crippen molar-refractivity contribution in [2.24, 2.45) is 0 Å². The molecule has 0 saturated carbocycles. The average molecular weight is 326 g/mol. The van der Waals surface area contributed by atoms with Crippen LogP contribution in [0.4, 0.5) is 19.0 Å². The number of benzene rings is 1. The number of aromatic carboxylic acids is 1. The van der Waals surface area contributed by atoms with E-state index in [0.29, 0.717) is 0 Å². The lowest BCUT2D eigenvalue weighted by Crippen LogP contribution is -2.20. The molecule has 0 spiro atoms. The van der Waals surface area contributed by atoms with Gasteiger partial charge in [0.15, 0.2) is 5.78 Å². The number of alkyl halides is 3. The molecule has 0 aliphatic rings. The maximum Gasteiger partial charge on any atom is 0.573 e. The van der Waals surface area contributed by atoms with Crippen molar-refractivity contribution in [1.82, 2.24) is 4.98 Å². The van der Waals surface area contributed by atoms with Gasteiger partial charge in [-0.1, -0.05) is 12.1 Å². The van der Waals surface area contributed by atoms with E-state index in [9.17, 15) is 22.8 Å². The second-order valence-electron chi connectivity index (χ2n) is 4.30. The van der Waals surface area contributed by atoms with Gasteiger partial charge in [0.05, 0.1) is 5.56 Å². The maximum absolute atomic E-state index is 12.4. The first-order valence-electron chi connectivity index (χ1n) is 6.08. The molecule has 0 unspecified atom stereocenters. The number of hydrogen-bond acceptors (Lipinski definition) is 5. The number of nitrogens with two attached hydrogens (primary N) is 1. The Hall–Kier alpha value is -3.10. The molecule has 1 aromatic carbocycles. The molecular weight excluding hydrogens is 317 g/mol. The largest absolute Gasteiger partial charge is 0.573 e. The van der Waals surface area contributed by atoms with Crippen LogP contribution in [-0.2, 0) is 0 Å². The first-order valence-corrected chi connectivity index (χ1v) is 6.08. The molecule has 6 nitrogen and oxygen atoms in total. The van der Waals surface area contributed by atoms with E-state index in [2.05, 4.69) is 9.72 Å². The number of para-hydroxylation sites is 1. The first-order chi connectivity index (χ1) is 10.7. The SMILES string of the molecule is Nc1nccc(C(=O)c2ccccc2OC(F)(F)F)c1C(=O)O. The van der Waals surface area contributed by atoms with E-state index < -0.39 is 40.8 Å². The van der Waals surface area contributed by atoms with Gasteiger partial charge in [-0.3, -0.25) is 4.79 Å². The van der Waals surface area contributed by atoms with E-state index in [1.165, 1.54) is 12.1 Å². The summed E-state index contributed by atoms with van der Waals surface area (Å²) in [5.41, 5.74) is 4.01. The summed E-state index contributed by atoms with van der Waals surface area (Å²) in [6, 6.07) is 5.67. The lowest BCUT2D eigenvalue weighted by Gasteiger charge is -2.13. The van der Waals surface area contributed by atoms with Crippen molar-refractivity contribution < 1.29 is 32.6 Å². The van der Waals surface area contributed by atoms with Crippen molar-refractivity contribution in [3.63, 3.8) is 0 Å². The Kier molecular flexibility index (Phi) is 4.21. The van der Waals surface area contributed by atoms with E-state index in [1.807, 2.05) is 0 Å². The predicted octanol–water partition coefficient (Wildman–Crippen LogP) is 2.49. The molecule has 1 heterocycles. The second kappa shape index (κ2) is 5.95. The number of anilines is 1. The molecule has 2 aromatic rings. The van der Waals surface area contributed by atoms with Gasteiger partial charge in [0.2, 0.25) is 0 Å². The number of nitrogens with zero attached hydrogens (tertiary/aromatic N) is 1. The Morgan fingerprint density at radius 2 is 1.78 bits per heavy atom. The number of nitrogen functional groups attached to an aromatic ring is 1. The summed E-state index contributed by atoms with van der Waals surface area (Å²) >= 11 is 0. The molecule has 0 aliphatic heterocycles. The minimum atomic E-state index is -5.00. The third-order valence-corrected chi connectivity index (χ3v) is 2.80. The van der Waals surface area contributed by atoms with Crippen LogP contribution in [0.2, 0.25) is 0 Å². The summed E-state index contributed by atoms with van der Waals surface area (Å²) in [5.74, 6) is -3.65. The molecule has 0 amide bonds. The molecular formula is C14H9F3N2O4. The van der Waals surface area contributed by atoms with Crippen molar-refractivity contribution in [1.29, 1.82) is 0 Å². The predicted molar refractivity (Wildman–Crippen MR) is 72.2 cm³/mol. The molecule has 0 saturated heterocycles. The molecule has 0 fully saturated rings. The van der Waals surface area contributed by atoms with Crippen LogP contribution < -0.4 is 10.5 Å². The van der Waals surface area contributed by atoms with Gasteiger partial charge in [-0.15, -0.1) is 13.2 Å². The summed E-state index contributed by atoms with van der Waals surface area (Å²) in [4.78, 5) is 27.2. The summed E-state index contributed by atoms with van der Waals surface area (Å²) < 4.78 is 41.0. The Balaban J connectivity index is 2.55. The van der Waals surface area contributed by atoms with Crippen LogP contribution in [-0.4, -0.2) is 28.2 Å². The Morgan fingerprint density at radius 1 is 1.13 bits per heavy atom. The number of ether oxygens (including phenoxy) is 1. The number of rotatable bonds is 4. The monoisotopic (exact) mass is 326 g/mol. The van der Waals surface area contributed by atoms with E-state index in [-0.39, 0.29) is 5.56 Å². The number of carbonyl (C=O) groups is 2. The number of pyridine rings is 1. The van der Waals surface area contributed by atoms with Crippen molar-refractivity contribution in [2.75, 3.05) is 5.73 Å². The van der Waals surface area contributed by atoms with Crippen LogP contribution >= 0.6 is 0 Å². The van der Waals surface area contributed by atoms with E-state index in [0.717, 1.165) is 24.4 Å². The number of carbonyl (C=O) groups excluding carboxylic acids is 1. The number of ketones is 1. The van der Waals surface area contributed by atoms with Gasteiger partial charge in [0.1, 0.15) is 17.1 Å². The highest BCUT2D eigenvalue weighted by atomic mass is 19.4. The molecule has 0 aliphatic carbocycles. The lowest BCUT2D eigenvalue weighted by atomic mass is 9.98. The zero-order valence-corrected chi connectivity index (χ0v) is 11.3. The maximum atomic E-state index is 12.4. The average Bonchev–Trinajstić information content (AvgIpc) is 2.44. The standard InChI is InChI=1S/C14H9F3N2O4/c15-14(16,17)23-9-4-2-1-3-7(9)11(20)8-5-6-19-12(18)10(8)13(21)22/h1-6H,(H2,18,19)(H,21,22).